The van der Waals surface area contributed by atoms with Crippen LogP contribution in [-0.2, 0) is 43.6 Å². The van der Waals surface area contributed by atoms with E-state index in [-0.39, 0.29) is 69.9 Å². The van der Waals surface area contributed by atoms with Gasteiger partial charge in [0.1, 0.15) is 92.8 Å². The number of nitrogen functional groups attached to an aromatic ring is 1. The summed E-state index contributed by atoms with van der Waals surface area (Å²) in [4.78, 5) is 36.7. The number of aliphatic hydroxyl groups is 2. The Morgan fingerprint density at radius 2 is 0.932 bits per heavy atom. The molecule has 1 saturated heterocycles. The Morgan fingerprint density at radius 3 is 1.33 bits per heavy atom. The number of nitrogens with one attached hydrogen (secondary N) is 2. The van der Waals surface area contributed by atoms with E-state index in [2.05, 4.69) is 40.9 Å². The van der Waals surface area contributed by atoms with E-state index in [9.17, 15) is 54.2 Å². The Kier molecular flexibility index (Phi) is 46.1. The SMILES string of the molecule is C1CCOC1.COc1ccc(-c2ncco2)cc1Cl.COc1ccc(C(=O)NCCO)cc1Cl.COc1ccc(C(=O)O)cc1Cl.COc1ccc(C2=NCCO2)cc1Cl.NCCO.Nc1cc(-c2ccccc2)c(F)cc1F.O=S(=O)(Cl)c1cc(-c2ncco2)cc(Cl)c1O.O=S(=O)(Nc1cc(-c2ccccc2)c(F)cc1F)c1cc(-c2ncco2)cc(Cl)c1O.O=S([O-])OCl. The maximum absolute atomic E-state index is 14.4. The fourth-order valence-electron chi connectivity index (χ4n) is 10.5. The molecule has 13 aromatic rings. The van der Waals surface area contributed by atoms with Crippen LogP contribution in [0.2, 0.25) is 30.1 Å². The molecule has 2 aliphatic heterocycles. The van der Waals surface area contributed by atoms with E-state index in [1.54, 1.807) is 105 Å². The molecule has 10 aromatic carbocycles. The molecule has 46 heteroatoms. The third kappa shape index (κ3) is 34.6. The smallest absolute Gasteiger partial charge is 0.335 e. The lowest BCUT2D eigenvalue weighted by Crippen LogP contribution is -2.26. The number of hydrogen-bond acceptors (Lipinski definition) is 28. The van der Waals surface area contributed by atoms with Gasteiger partial charge in [-0.2, -0.15) is 3.74 Å². The van der Waals surface area contributed by atoms with Crippen molar-refractivity contribution in [2.24, 2.45) is 10.7 Å². The van der Waals surface area contributed by atoms with Crippen LogP contribution in [0.1, 0.15) is 39.1 Å². The average molecular weight is 2050 g/mol. The lowest BCUT2D eigenvalue weighted by molar-refractivity contribution is 0.0696. The molecule has 5 heterocycles. The van der Waals surface area contributed by atoms with Crippen molar-refractivity contribution in [2.45, 2.75) is 22.6 Å². The molecule has 1 atom stereocenters. The van der Waals surface area contributed by atoms with Crippen LogP contribution >= 0.6 is 92.2 Å². The van der Waals surface area contributed by atoms with Crippen molar-refractivity contribution in [2.75, 3.05) is 91.6 Å². The van der Waals surface area contributed by atoms with E-state index < -0.39 is 86.7 Å². The van der Waals surface area contributed by atoms with E-state index in [1.165, 1.54) is 101 Å². The third-order valence-corrected chi connectivity index (χ3v) is 21.4. The molecule has 0 bridgehead atoms. The van der Waals surface area contributed by atoms with Gasteiger partial charge in [-0.3, -0.25) is 9.52 Å². The number of carboxylic acid groups (broad SMARTS) is 1. The number of aromatic hydroxyl groups is 2. The predicted octanol–water partition coefficient (Wildman–Crippen LogP) is 19.2. The number of aliphatic hydroxyl groups excluding tert-OH is 2. The van der Waals surface area contributed by atoms with Crippen molar-refractivity contribution in [1.82, 2.24) is 20.3 Å². The van der Waals surface area contributed by atoms with Gasteiger partial charge in [0.2, 0.25) is 23.6 Å². The molecule has 0 aliphatic carbocycles. The minimum Gasteiger partial charge on any atom is -0.749 e. The van der Waals surface area contributed by atoms with Crippen LogP contribution in [0.15, 0.2) is 247 Å². The molecule has 15 rings (SSSR count). The molecule has 31 nitrogen and oxygen atoms in total. The maximum Gasteiger partial charge on any atom is 0.335 e. The molecule has 3 aromatic heterocycles. The molecular formula is C86H79Cl8F4N8O23S3-. The molecule has 11 N–H and O–H groups in total. The fraction of sp³-hybridized carbons (Fsp3) is 0.163. The second kappa shape index (κ2) is 55.7. The van der Waals surface area contributed by atoms with Crippen LogP contribution in [0.3, 0.4) is 0 Å². The van der Waals surface area contributed by atoms with Crippen LogP contribution in [0.4, 0.5) is 28.9 Å². The second-order valence-electron chi connectivity index (χ2n) is 25.4. The van der Waals surface area contributed by atoms with Gasteiger partial charge >= 0.3 is 5.97 Å². The molecule has 132 heavy (non-hydrogen) atoms. The Labute approximate surface area is 795 Å². The molecule has 1 fully saturated rings. The highest BCUT2D eigenvalue weighted by Crippen LogP contribution is 2.41. The number of aliphatic imine (C=N–C) groups is 1. The molecule has 1 amide bonds. The molecule has 0 saturated carbocycles. The van der Waals surface area contributed by atoms with E-state index in [1.807, 2.05) is 29.0 Å². The van der Waals surface area contributed by atoms with Crippen LogP contribution in [0.5, 0.6) is 34.5 Å². The Balaban J connectivity index is 0.000000236. The summed E-state index contributed by atoms with van der Waals surface area (Å²) in [5, 5.41) is 48.5. The van der Waals surface area contributed by atoms with Crippen LogP contribution < -0.4 is 40.5 Å². The van der Waals surface area contributed by atoms with Gasteiger partial charge in [-0.05, 0) is 133 Å². The number of phenolic OH excluding ortho intramolecular Hbond substituents is 2. The zero-order valence-electron chi connectivity index (χ0n) is 69.1. The minimum atomic E-state index is -4.53. The highest BCUT2D eigenvalue weighted by atomic mass is 35.7. The minimum absolute atomic E-state index is 0.00418. The number of ether oxygens (including phenoxy) is 6. The number of rotatable bonds is 20. The fourth-order valence-corrected chi connectivity index (χ4v) is 14.2. The number of amides is 1. The van der Waals surface area contributed by atoms with E-state index in [0.29, 0.717) is 102 Å². The molecule has 0 spiro atoms. The van der Waals surface area contributed by atoms with Gasteiger partial charge < -0.3 is 88.5 Å². The van der Waals surface area contributed by atoms with Crippen LogP contribution in [0, 0.1) is 23.3 Å². The number of oxazole rings is 3. The summed E-state index contributed by atoms with van der Waals surface area (Å²) in [6, 6.07) is 45.6. The number of nitrogens with zero attached hydrogens (tertiary/aromatic N) is 4. The number of aromatic carboxylic acids is 1. The van der Waals surface area contributed by atoms with E-state index in [0.717, 1.165) is 55.2 Å². The van der Waals surface area contributed by atoms with Gasteiger partial charge in [-0.25, -0.2) is 63.3 Å². The Bertz CT molecular complexity index is 6170. The van der Waals surface area contributed by atoms with E-state index in [4.69, 9.17) is 158 Å². The van der Waals surface area contributed by atoms with Crippen molar-refractivity contribution in [3.05, 3.63) is 289 Å². The van der Waals surface area contributed by atoms with Gasteiger partial charge in [0.05, 0.1) is 126 Å². The zero-order valence-corrected chi connectivity index (χ0v) is 77.6. The number of sulfonamides is 1. The number of halogens is 12. The molecule has 704 valence electrons. The number of aromatic nitrogens is 3. The monoisotopic (exact) mass is 2040 g/mol. The summed E-state index contributed by atoms with van der Waals surface area (Å²) < 4.78 is 172. The number of anilines is 2. The number of carbonyl (C=O) groups excluding carboxylic acids is 1. The standard InChI is InChI=1S/C21H13ClF2N2O4S.C12H9F2N.C10H12ClNO3.C10H10ClNO2.C10H8ClNO2.C9H5Cl2NO4S.C8H7ClO3.C4H8O.C2H7NO.ClHO3S/c22-15-8-13(21-25-6-7-30-21)9-19(20(15)27)31(28,29)26-18-10-14(16(23)11-17(18)24)12-4-2-1-3-5-12;13-10-7-11(14)12(15)6-9(10)8-4-2-1-3-5-8;1-15-9-3-2-7(6-8(9)11)10(14)12-4-5-13;2*1-13-9-3-2-7(6-8(9)11)10-12-4-5-14-10;10-6-3-5(9-12-1-2-16-9)4-7(8(6)13)17(11,14)15;1-12-7-3-2-5(8(10)11)4-6(7)9;1-2-4-5-3-1;3-1-2-4;1-4-5(2)3/h1-11,26-27H;1-7H,15H2;2-3,6,13H,4-5H2,1H3,(H,12,14);2-3,6H,4-5H2,1H3;2-6H,1H3;1-4,13H;2-4H,1H3,(H,10,11);1-4H2;4H,1-3H2;(H,2,3)/p-1. The van der Waals surface area contributed by atoms with Crippen molar-refractivity contribution < 1.29 is 124 Å². The highest BCUT2D eigenvalue weighted by Gasteiger charge is 2.27. The largest absolute Gasteiger partial charge is 0.749 e. The highest BCUT2D eigenvalue weighted by molar-refractivity contribution is 8.13. The first-order valence-electron chi connectivity index (χ1n) is 37.5. The van der Waals surface area contributed by atoms with Gasteiger partial charge in [-0.15, -0.1) is 0 Å². The molecular weight excluding hydrogens is 1970 g/mol. The van der Waals surface area contributed by atoms with Crippen LogP contribution in [-0.4, -0.2) is 165 Å². The van der Waals surface area contributed by atoms with E-state index >= 15 is 0 Å². The van der Waals surface area contributed by atoms with Crippen molar-refractivity contribution >= 4 is 152 Å². The predicted molar refractivity (Wildman–Crippen MR) is 492 cm³/mol. The lowest BCUT2D eigenvalue weighted by atomic mass is 10.0. The number of carboxylic acids is 1. The summed E-state index contributed by atoms with van der Waals surface area (Å²) in [6.45, 7) is 3.98. The number of methoxy groups -OCH3 is 4. The van der Waals surface area contributed by atoms with Gasteiger partial charge in [0.15, 0.2) is 11.5 Å². The van der Waals surface area contributed by atoms with Gasteiger partial charge in [-0.1, -0.05) is 130 Å². The van der Waals surface area contributed by atoms with Crippen LogP contribution in [0.25, 0.3) is 56.6 Å². The third-order valence-electron chi connectivity index (χ3n) is 16.6. The topological polar surface area (TPSA) is 475 Å². The van der Waals surface area contributed by atoms with Crippen molar-refractivity contribution in [1.29, 1.82) is 0 Å². The summed E-state index contributed by atoms with van der Waals surface area (Å²) in [7, 11) is 2.68. The number of phenols is 2. The number of benzene rings is 10. The first-order chi connectivity index (χ1) is 63.0. The summed E-state index contributed by atoms with van der Waals surface area (Å²) in [5.74, 6) is -2.18. The van der Waals surface area contributed by atoms with Crippen molar-refractivity contribution in [3.63, 3.8) is 0 Å². The van der Waals surface area contributed by atoms with Gasteiger partial charge in [0, 0.05) is 88.1 Å². The number of hydrogen-bond donors (Lipinski definition) is 9. The molecule has 0 radical (unpaired) electrons. The lowest BCUT2D eigenvalue weighted by Gasteiger charge is -2.14. The second-order valence-corrected chi connectivity index (χ2v) is 32.9. The molecule has 2 aliphatic rings. The Hall–Kier alpha value is -11.5. The number of nitrogens with two attached hydrogens (primary N) is 2. The summed E-state index contributed by atoms with van der Waals surface area (Å²) in [6.07, 6.45) is 11.0. The summed E-state index contributed by atoms with van der Waals surface area (Å²) >= 11 is 36.8. The maximum atomic E-state index is 14.4. The summed E-state index contributed by atoms with van der Waals surface area (Å²) in [5.41, 5.74) is 13.8. The average Bonchev–Trinajstić information content (AvgIpc) is 0.998. The Morgan fingerprint density at radius 1 is 0.523 bits per heavy atom. The van der Waals surface area contributed by atoms with Gasteiger partial charge in [0.25, 0.3) is 25.0 Å². The molecule has 1 unspecified atom stereocenters. The first-order valence-corrected chi connectivity index (χ1v) is 44.8. The normalized spacial score (nSPS) is 11.7. The first kappa shape index (κ1) is 109. The van der Waals surface area contributed by atoms with Crippen molar-refractivity contribution in [3.8, 4) is 91.1 Å². The number of carbonyl (C=O) groups is 2. The zero-order chi connectivity index (χ0) is 97.2. The quantitative estimate of drug-likeness (QED) is 0.0148.